The van der Waals surface area contributed by atoms with Gasteiger partial charge in [-0.2, -0.15) is 0 Å². The minimum atomic E-state index is -0.501. The summed E-state index contributed by atoms with van der Waals surface area (Å²) in [5.74, 6) is 0.900. The van der Waals surface area contributed by atoms with Crippen molar-refractivity contribution in [2.75, 3.05) is 24.4 Å². The van der Waals surface area contributed by atoms with Crippen LogP contribution in [0, 0.1) is 5.82 Å². The van der Waals surface area contributed by atoms with Gasteiger partial charge >= 0.3 is 0 Å². The lowest BCUT2D eigenvalue weighted by molar-refractivity contribution is 0.0975. The van der Waals surface area contributed by atoms with Gasteiger partial charge in [0.25, 0.3) is 5.91 Å². The third kappa shape index (κ3) is 4.43. The van der Waals surface area contributed by atoms with Gasteiger partial charge in [-0.25, -0.2) is 4.39 Å². The fraction of sp³-hybridized carbons (Fsp3) is 0.138. The van der Waals surface area contributed by atoms with E-state index >= 15 is 0 Å². The summed E-state index contributed by atoms with van der Waals surface area (Å²) in [4.78, 5) is 15.4. The lowest BCUT2D eigenvalue weighted by Crippen LogP contribution is -2.43. The summed E-state index contributed by atoms with van der Waals surface area (Å²) in [6.45, 7) is 0.0950. The van der Waals surface area contributed by atoms with E-state index in [2.05, 4.69) is 5.32 Å². The Bertz CT molecular complexity index is 1390. The summed E-state index contributed by atoms with van der Waals surface area (Å²) in [7, 11) is 3.17. The summed E-state index contributed by atoms with van der Waals surface area (Å²) in [6.07, 6.45) is -0.501. The molecule has 0 unspecified atom stereocenters. The number of carbonyl (C=O) groups is 1. The number of ether oxygens (including phenoxy) is 3. The number of para-hydroxylation sites is 2. The second-order valence-electron chi connectivity index (χ2n) is 8.26. The lowest BCUT2D eigenvalue weighted by Gasteiger charge is -2.38. The first-order valence-corrected chi connectivity index (χ1v) is 11.5. The largest absolute Gasteiger partial charge is 0.497 e. The van der Waals surface area contributed by atoms with Crippen LogP contribution < -0.4 is 24.4 Å². The van der Waals surface area contributed by atoms with Crippen molar-refractivity contribution >= 4 is 17.3 Å². The molecule has 1 N–H and O–H groups in total. The third-order valence-electron chi connectivity index (χ3n) is 6.12. The molecular weight excluding hydrogens is 459 g/mol. The molecule has 0 bridgehead atoms. The molecule has 1 atom stereocenters. The SMILES string of the molecule is COc1ccc(N2C(=O)c3ccccc3N[C@H]2c2ccc(OC)c(COc3ccccc3F)c2)cc1. The van der Waals surface area contributed by atoms with Crippen LogP contribution >= 0.6 is 0 Å². The Morgan fingerprint density at radius 3 is 2.36 bits per heavy atom. The van der Waals surface area contributed by atoms with Crippen LogP contribution in [-0.4, -0.2) is 20.1 Å². The number of halogens is 1. The molecule has 1 aliphatic rings. The van der Waals surface area contributed by atoms with Crippen LogP contribution in [0.5, 0.6) is 17.2 Å². The van der Waals surface area contributed by atoms with Gasteiger partial charge in [0.1, 0.15) is 24.3 Å². The maximum absolute atomic E-state index is 14.1. The average molecular weight is 485 g/mol. The van der Waals surface area contributed by atoms with Gasteiger partial charge in [0.2, 0.25) is 0 Å². The van der Waals surface area contributed by atoms with Crippen molar-refractivity contribution in [2.45, 2.75) is 12.8 Å². The van der Waals surface area contributed by atoms with Crippen molar-refractivity contribution < 1.29 is 23.4 Å². The Morgan fingerprint density at radius 1 is 0.861 bits per heavy atom. The predicted molar refractivity (Wildman–Crippen MR) is 136 cm³/mol. The molecule has 0 fully saturated rings. The van der Waals surface area contributed by atoms with Crippen molar-refractivity contribution in [3.63, 3.8) is 0 Å². The molecule has 0 saturated carbocycles. The number of anilines is 2. The van der Waals surface area contributed by atoms with Crippen LogP contribution in [0.1, 0.15) is 27.7 Å². The Morgan fingerprint density at radius 2 is 1.61 bits per heavy atom. The van der Waals surface area contributed by atoms with E-state index in [1.54, 1.807) is 43.4 Å². The van der Waals surface area contributed by atoms with Crippen molar-refractivity contribution in [3.8, 4) is 17.2 Å². The van der Waals surface area contributed by atoms with E-state index in [1.165, 1.54) is 6.07 Å². The molecule has 0 spiro atoms. The van der Waals surface area contributed by atoms with Crippen LogP contribution in [0.4, 0.5) is 15.8 Å². The van der Waals surface area contributed by atoms with Crippen molar-refractivity contribution in [3.05, 3.63) is 114 Å². The summed E-state index contributed by atoms with van der Waals surface area (Å²) in [5.41, 5.74) is 3.59. The molecule has 5 rings (SSSR count). The van der Waals surface area contributed by atoms with Gasteiger partial charge < -0.3 is 19.5 Å². The highest BCUT2D eigenvalue weighted by Gasteiger charge is 2.34. The minimum Gasteiger partial charge on any atom is -0.497 e. The molecule has 4 aromatic carbocycles. The first kappa shape index (κ1) is 23.2. The molecule has 1 amide bonds. The highest BCUT2D eigenvalue weighted by atomic mass is 19.1. The van der Waals surface area contributed by atoms with Gasteiger partial charge in [-0.15, -0.1) is 0 Å². The van der Waals surface area contributed by atoms with Gasteiger partial charge in [-0.05, 0) is 66.2 Å². The van der Waals surface area contributed by atoms with Gasteiger partial charge in [0.05, 0.1) is 19.8 Å². The Hall–Kier alpha value is -4.52. The zero-order valence-electron chi connectivity index (χ0n) is 19.9. The molecule has 1 heterocycles. The van der Waals surface area contributed by atoms with Crippen molar-refractivity contribution in [1.29, 1.82) is 0 Å². The molecule has 1 aliphatic heterocycles. The lowest BCUT2D eigenvalue weighted by atomic mass is 10.0. The zero-order chi connectivity index (χ0) is 25.1. The zero-order valence-corrected chi connectivity index (χ0v) is 19.9. The van der Waals surface area contributed by atoms with Crippen molar-refractivity contribution in [2.24, 2.45) is 0 Å². The second kappa shape index (κ2) is 10.00. The summed E-state index contributed by atoms with van der Waals surface area (Å²) < 4.78 is 30.7. The summed E-state index contributed by atoms with van der Waals surface area (Å²) >= 11 is 0. The fourth-order valence-electron chi connectivity index (χ4n) is 4.29. The molecule has 0 aromatic heterocycles. The van der Waals surface area contributed by atoms with Gasteiger partial charge in [-0.1, -0.05) is 30.3 Å². The minimum absolute atomic E-state index is 0.0950. The summed E-state index contributed by atoms with van der Waals surface area (Å²) in [5, 5.41) is 3.50. The number of amides is 1. The number of carbonyl (C=O) groups excluding carboxylic acids is 1. The average Bonchev–Trinajstić information content (AvgIpc) is 2.92. The molecule has 4 aromatic rings. The van der Waals surface area contributed by atoms with Crippen LogP contribution in [0.3, 0.4) is 0 Å². The first-order chi connectivity index (χ1) is 17.6. The number of benzene rings is 4. The molecule has 36 heavy (non-hydrogen) atoms. The number of hydrogen-bond donors (Lipinski definition) is 1. The first-order valence-electron chi connectivity index (χ1n) is 11.5. The Labute approximate surface area is 208 Å². The second-order valence-corrected chi connectivity index (χ2v) is 8.26. The Kier molecular flexibility index (Phi) is 6.45. The molecule has 6 nitrogen and oxygen atoms in total. The maximum Gasteiger partial charge on any atom is 0.262 e. The van der Waals surface area contributed by atoms with Crippen LogP contribution in [0.2, 0.25) is 0 Å². The van der Waals surface area contributed by atoms with Gasteiger partial charge in [-0.3, -0.25) is 9.69 Å². The molecule has 0 saturated heterocycles. The van der Waals surface area contributed by atoms with E-state index in [1.807, 2.05) is 60.7 Å². The number of hydrogen-bond acceptors (Lipinski definition) is 5. The van der Waals surface area contributed by atoms with E-state index in [4.69, 9.17) is 14.2 Å². The van der Waals surface area contributed by atoms with Gasteiger partial charge in [0, 0.05) is 16.9 Å². The number of fused-ring (bicyclic) bond motifs is 1. The van der Waals surface area contributed by atoms with Crippen molar-refractivity contribution in [1.82, 2.24) is 0 Å². The fourth-order valence-corrected chi connectivity index (χ4v) is 4.29. The Balaban J connectivity index is 1.54. The monoisotopic (exact) mass is 484 g/mol. The predicted octanol–water partition coefficient (Wildman–Crippen LogP) is 6.19. The molecule has 0 radical (unpaired) electrons. The highest BCUT2D eigenvalue weighted by Crippen LogP contribution is 2.38. The summed E-state index contributed by atoms with van der Waals surface area (Å²) in [6, 6.07) is 26.7. The molecular formula is C29H25FN2O4. The van der Waals surface area contributed by atoms with E-state index in [0.717, 1.165) is 16.8 Å². The maximum atomic E-state index is 14.1. The smallest absolute Gasteiger partial charge is 0.262 e. The number of rotatable bonds is 7. The standard InChI is InChI=1S/C29H25FN2O4/c1-34-22-14-12-21(13-15-22)32-28(31-25-9-5-3-7-23(25)29(32)33)19-11-16-26(35-2)20(17-19)18-36-27-10-6-4-8-24(27)30/h3-17,28,31H,18H2,1-2H3/t28-/m1/s1. The molecule has 0 aliphatic carbocycles. The topological polar surface area (TPSA) is 60.0 Å². The third-order valence-corrected chi connectivity index (χ3v) is 6.12. The van der Waals surface area contributed by atoms with E-state index in [9.17, 15) is 9.18 Å². The number of nitrogens with zero attached hydrogens (tertiary/aromatic N) is 1. The number of nitrogens with one attached hydrogen (secondary N) is 1. The van der Waals surface area contributed by atoms with Gasteiger partial charge in [0.15, 0.2) is 11.6 Å². The highest BCUT2D eigenvalue weighted by molar-refractivity contribution is 6.12. The van der Waals surface area contributed by atoms with Crippen LogP contribution in [-0.2, 0) is 6.61 Å². The van der Waals surface area contributed by atoms with E-state index in [-0.39, 0.29) is 18.3 Å². The van der Waals surface area contributed by atoms with E-state index < -0.39 is 12.0 Å². The van der Waals surface area contributed by atoms with Crippen LogP contribution in [0.15, 0.2) is 91.0 Å². The number of methoxy groups -OCH3 is 2. The molecule has 7 heteroatoms. The quantitative estimate of drug-likeness (QED) is 0.339. The normalized spacial score (nSPS) is 14.6. The van der Waals surface area contributed by atoms with Crippen LogP contribution in [0.25, 0.3) is 0 Å². The van der Waals surface area contributed by atoms with E-state index in [0.29, 0.717) is 22.7 Å². The molecule has 182 valence electrons.